The molecular weight excluding hydrogens is 282 g/mol. The van der Waals surface area contributed by atoms with Gasteiger partial charge in [0.25, 0.3) is 5.91 Å². The number of nitrogens with one attached hydrogen (secondary N) is 1. The van der Waals surface area contributed by atoms with E-state index in [4.69, 9.17) is 9.15 Å². The van der Waals surface area contributed by atoms with Crippen LogP contribution in [0.1, 0.15) is 40.8 Å². The molecule has 3 rings (SSSR count). The summed E-state index contributed by atoms with van der Waals surface area (Å²) in [4.78, 5) is 16.4. The molecule has 6 heteroatoms. The molecule has 0 bridgehead atoms. The van der Waals surface area contributed by atoms with Crippen molar-refractivity contribution in [1.82, 2.24) is 14.9 Å². The summed E-state index contributed by atoms with van der Waals surface area (Å²) in [5.74, 6) is 1.71. The summed E-state index contributed by atoms with van der Waals surface area (Å²) in [5.41, 5.74) is 1.12. The minimum atomic E-state index is -0.185. The van der Waals surface area contributed by atoms with Gasteiger partial charge in [0.2, 0.25) is 0 Å². The number of nitrogens with zero attached hydrogens (tertiary/aromatic N) is 2. The van der Waals surface area contributed by atoms with Crippen molar-refractivity contribution in [2.24, 2.45) is 0 Å². The van der Waals surface area contributed by atoms with Crippen LogP contribution >= 0.6 is 0 Å². The minimum absolute atomic E-state index is 0.185. The standard InChI is InChI=1S/C16H21N3O3/c1-12-11-18-15(13-4-9-21-10-5-13)19(12)7-6-17-16(20)14-3-2-8-22-14/h2-3,8,11,13H,4-7,9-10H2,1H3,(H,17,20). The van der Waals surface area contributed by atoms with Gasteiger partial charge in [-0.05, 0) is 31.9 Å². The van der Waals surface area contributed by atoms with Crippen molar-refractivity contribution in [2.75, 3.05) is 19.8 Å². The van der Waals surface area contributed by atoms with Crippen molar-refractivity contribution in [3.05, 3.63) is 41.9 Å². The Morgan fingerprint density at radius 2 is 2.27 bits per heavy atom. The molecule has 22 heavy (non-hydrogen) atoms. The highest BCUT2D eigenvalue weighted by Crippen LogP contribution is 2.26. The fourth-order valence-electron chi connectivity index (χ4n) is 2.83. The molecule has 118 valence electrons. The number of furan rings is 1. The molecule has 1 saturated heterocycles. The van der Waals surface area contributed by atoms with Gasteiger partial charge in [-0.15, -0.1) is 0 Å². The Bertz CT molecular complexity index is 613. The first kappa shape index (κ1) is 14.8. The zero-order valence-electron chi connectivity index (χ0n) is 12.7. The summed E-state index contributed by atoms with van der Waals surface area (Å²) in [5, 5.41) is 2.87. The van der Waals surface area contributed by atoms with Crippen molar-refractivity contribution in [3.63, 3.8) is 0 Å². The highest BCUT2D eigenvalue weighted by molar-refractivity contribution is 5.91. The molecule has 0 unspecified atom stereocenters. The number of aryl methyl sites for hydroxylation is 1. The lowest BCUT2D eigenvalue weighted by molar-refractivity contribution is 0.0827. The summed E-state index contributed by atoms with van der Waals surface area (Å²) < 4.78 is 12.7. The Balaban J connectivity index is 1.60. The SMILES string of the molecule is Cc1cnc(C2CCOCC2)n1CCNC(=O)c1ccco1. The number of ether oxygens (including phenoxy) is 1. The highest BCUT2D eigenvalue weighted by Gasteiger charge is 2.21. The molecule has 1 amide bonds. The van der Waals surface area contributed by atoms with E-state index in [1.807, 2.05) is 13.1 Å². The number of carbonyl (C=O) groups excluding carboxylic acids is 1. The summed E-state index contributed by atoms with van der Waals surface area (Å²) >= 11 is 0. The maximum absolute atomic E-state index is 11.9. The molecule has 0 aromatic carbocycles. The largest absolute Gasteiger partial charge is 0.459 e. The highest BCUT2D eigenvalue weighted by atomic mass is 16.5. The third-order valence-corrected chi connectivity index (χ3v) is 4.04. The number of imidazole rings is 1. The van der Waals surface area contributed by atoms with Crippen LogP contribution in [-0.4, -0.2) is 35.2 Å². The second-order valence-corrected chi connectivity index (χ2v) is 5.53. The Kier molecular flexibility index (Phi) is 4.58. The fourth-order valence-corrected chi connectivity index (χ4v) is 2.83. The van der Waals surface area contributed by atoms with Crippen molar-refractivity contribution in [1.29, 1.82) is 0 Å². The van der Waals surface area contributed by atoms with E-state index in [0.29, 0.717) is 24.8 Å². The van der Waals surface area contributed by atoms with Gasteiger partial charge < -0.3 is 19.0 Å². The topological polar surface area (TPSA) is 69.3 Å². The molecule has 2 aromatic rings. The van der Waals surface area contributed by atoms with Crippen molar-refractivity contribution in [2.45, 2.75) is 32.2 Å². The molecule has 2 aromatic heterocycles. The summed E-state index contributed by atoms with van der Waals surface area (Å²) in [6, 6.07) is 3.36. The first-order valence-corrected chi connectivity index (χ1v) is 7.67. The van der Waals surface area contributed by atoms with Gasteiger partial charge in [0.05, 0.1) is 6.26 Å². The zero-order valence-corrected chi connectivity index (χ0v) is 12.7. The van der Waals surface area contributed by atoms with E-state index in [9.17, 15) is 4.79 Å². The van der Waals surface area contributed by atoms with Crippen LogP contribution in [0.2, 0.25) is 0 Å². The van der Waals surface area contributed by atoms with Crippen LogP contribution < -0.4 is 5.32 Å². The number of rotatable bonds is 5. The second kappa shape index (κ2) is 6.79. The molecule has 0 atom stereocenters. The quantitative estimate of drug-likeness (QED) is 0.918. The average molecular weight is 303 g/mol. The summed E-state index contributed by atoms with van der Waals surface area (Å²) in [7, 11) is 0. The molecule has 0 spiro atoms. The molecule has 1 N–H and O–H groups in total. The van der Waals surface area contributed by atoms with Gasteiger partial charge in [-0.1, -0.05) is 0 Å². The number of aromatic nitrogens is 2. The first-order chi connectivity index (χ1) is 10.8. The zero-order chi connectivity index (χ0) is 15.4. The normalized spacial score (nSPS) is 15.9. The maximum atomic E-state index is 11.9. The average Bonchev–Trinajstić information content (AvgIpc) is 3.19. The molecular formula is C16H21N3O3. The van der Waals surface area contributed by atoms with Crippen molar-refractivity contribution in [3.8, 4) is 0 Å². The Morgan fingerprint density at radius 3 is 3.00 bits per heavy atom. The predicted molar refractivity (Wildman–Crippen MR) is 80.8 cm³/mol. The van der Waals surface area contributed by atoms with Gasteiger partial charge >= 0.3 is 0 Å². The smallest absolute Gasteiger partial charge is 0.287 e. The van der Waals surface area contributed by atoms with Gasteiger partial charge in [-0.2, -0.15) is 0 Å². The molecule has 3 heterocycles. The van der Waals surface area contributed by atoms with Crippen LogP contribution in [0, 0.1) is 6.92 Å². The minimum Gasteiger partial charge on any atom is -0.459 e. The molecule has 0 radical (unpaired) electrons. The lowest BCUT2D eigenvalue weighted by Gasteiger charge is -2.23. The maximum Gasteiger partial charge on any atom is 0.287 e. The fraction of sp³-hybridized carbons (Fsp3) is 0.500. The lowest BCUT2D eigenvalue weighted by Crippen LogP contribution is -2.28. The van der Waals surface area contributed by atoms with Crippen LogP contribution in [-0.2, 0) is 11.3 Å². The van der Waals surface area contributed by atoms with Crippen LogP contribution in [0.5, 0.6) is 0 Å². The number of hydrogen-bond donors (Lipinski definition) is 1. The Labute approximate surface area is 129 Å². The van der Waals surface area contributed by atoms with Crippen molar-refractivity contribution < 1.29 is 13.9 Å². The summed E-state index contributed by atoms with van der Waals surface area (Å²) in [6.45, 7) is 4.90. The third-order valence-electron chi connectivity index (χ3n) is 4.04. The Morgan fingerprint density at radius 1 is 1.45 bits per heavy atom. The van der Waals surface area contributed by atoms with Crippen LogP contribution in [0.4, 0.5) is 0 Å². The van der Waals surface area contributed by atoms with Crippen molar-refractivity contribution >= 4 is 5.91 Å². The predicted octanol–water partition coefficient (Wildman–Crippen LogP) is 2.11. The van der Waals surface area contributed by atoms with Gasteiger partial charge in [-0.3, -0.25) is 4.79 Å². The number of hydrogen-bond acceptors (Lipinski definition) is 4. The van der Waals surface area contributed by atoms with Gasteiger partial charge in [0.1, 0.15) is 5.82 Å². The van der Waals surface area contributed by atoms with E-state index in [0.717, 1.165) is 37.6 Å². The molecule has 6 nitrogen and oxygen atoms in total. The number of amides is 1. The van der Waals surface area contributed by atoms with E-state index in [2.05, 4.69) is 14.9 Å². The van der Waals surface area contributed by atoms with Crippen LogP contribution in [0.15, 0.2) is 29.0 Å². The van der Waals surface area contributed by atoms with E-state index < -0.39 is 0 Å². The molecule has 1 fully saturated rings. The van der Waals surface area contributed by atoms with Crippen LogP contribution in [0.25, 0.3) is 0 Å². The van der Waals surface area contributed by atoms with E-state index >= 15 is 0 Å². The third kappa shape index (κ3) is 3.22. The van der Waals surface area contributed by atoms with Gasteiger partial charge in [0, 0.05) is 44.1 Å². The van der Waals surface area contributed by atoms with Gasteiger partial charge in [-0.25, -0.2) is 4.98 Å². The van der Waals surface area contributed by atoms with Crippen LogP contribution in [0.3, 0.4) is 0 Å². The monoisotopic (exact) mass is 303 g/mol. The first-order valence-electron chi connectivity index (χ1n) is 7.67. The lowest BCUT2D eigenvalue weighted by atomic mass is 9.99. The van der Waals surface area contributed by atoms with Gasteiger partial charge in [0.15, 0.2) is 5.76 Å². The molecule has 1 aliphatic rings. The summed E-state index contributed by atoms with van der Waals surface area (Å²) in [6.07, 6.45) is 5.42. The molecule has 0 saturated carbocycles. The number of carbonyl (C=O) groups is 1. The molecule has 1 aliphatic heterocycles. The van der Waals surface area contributed by atoms with E-state index in [-0.39, 0.29) is 5.91 Å². The van der Waals surface area contributed by atoms with E-state index in [1.165, 1.54) is 6.26 Å². The van der Waals surface area contributed by atoms with E-state index in [1.54, 1.807) is 12.1 Å². The molecule has 0 aliphatic carbocycles. The Hall–Kier alpha value is -2.08. The second-order valence-electron chi connectivity index (χ2n) is 5.53.